The fraction of sp³-hybridized carbons (Fsp3) is 0.464. The molecule has 0 spiro atoms. The van der Waals surface area contributed by atoms with Crippen molar-refractivity contribution in [1.29, 1.82) is 0 Å². The number of rotatable bonds is 10. The Bertz CT molecular complexity index is 1080. The van der Waals surface area contributed by atoms with Crippen molar-refractivity contribution >= 4 is 29.3 Å². The van der Waals surface area contributed by atoms with E-state index >= 15 is 0 Å². The highest BCUT2D eigenvalue weighted by molar-refractivity contribution is 5.93. The third-order valence-corrected chi connectivity index (χ3v) is 6.50. The van der Waals surface area contributed by atoms with E-state index in [4.69, 9.17) is 19.3 Å². The van der Waals surface area contributed by atoms with Crippen LogP contribution in [0.25, 0.3) is 0 Å². The number of carbonyl (C=O) groups excluding carboxylic acids is 2. The third kappa shape index (κ3) is 8.21. The van der Waals surface area contributed by atoms with E-state index in [1.807, 2.05) is 0 Å². The molecule has 0 aliphatic heterocycles. The van der Waals surface area contributed by atoms with Gasteiger partial charge in [0.2, 0.25) is 5.91 Å². The Labute approximate surface area is 217 Å². The molecule has 1 aliphatic rings. The lowest BCUT2D eigenvalue weighted by Gasteiger charge is -2.37. The van der Waals surface area contributed by atoms with Gasteiger partial charge in [0.15, 0.2) is 5.75 Å². The number of ether oxygens (including phenoxy) is 3. The lowest BCUT2D eigenvalue weighted by Crippen LogP contribution is -2.36. The maximum atomic E-state index is 12.7. The fourth-order valence-corrected chi connectivity index (χ4v) is 4.54. The summed E-state index contributed by atoms with van der Waals surface area (Å²) >= 11 is 0. The zero-order valence-corrected chi connectivity index (χ0v) is 21.8. The minimum absolute atomic E-state index is 0.0540. The molecule has 0 aromatic heterocycles. The molecule has 200 valence electrons. The lowest BCUT2D eigenvalue weighted by molar-refractivity contribution is -0.126. The van der Waals surface area contributed by atoms with Gasteiger partial charge >= 0.3 is 12.1 Å². The number of benzene rings is 2. The van der Waals surface area contributed by atoms with Crippen LogP contribution in [0.4, 0.5) is 16.2 Å². The molecule has 2 aromatic rings. The number of carboxylic acid groups (broad SMARTS) is 1. The monoisotopic (exact) mass is 512 g/mol. The Balaban J connectivity index is 1.71. The molecule has 1 fully saturated rings. The van der Waals surface area contributed by atoms with Crippen molar-refractivity contribution in [1.82, 2.24) is 0 Å². The van der Waals surface area contributed by atoms with Gasteiger partial charge in [0, 0.05) is 11.8 Å². The van der Waals surface area contributed by atoms with Gasteiger partial charge in [-0.25, -0.2) is 9.59 Å². The SMILES string of the molecule is CCOC(=O)Nc1ccc(NC(=O)COC2CC(C)CCC2C(C)C)cc1Oc1ccc(C(=O)O)cc1. The molecule has 9 nitrogen and oxygen atoms in total. The minimum atomic E-state index is -1.05. The highest BCUT2D eigenvalue weighted by atomic mass is 16.5. The van der Waals surface area contributed by atoms with Crippen LogP contribution in [-0.2, 0) is 14.3 Å². The number of anilines is 2. The second kappa shape index (κ2) is 13.1. The zero-order valence-electron chi connectivity index (χ0n) is 21.8. The Hall–Kier alpha value is -3.59. The summed E-state index contributed by atoms with van der Waals surface area (Å²) in [5, 5.41) is 14.5. The molecule has 37 heavy (non-hydrogen) atoms. The summed E-state index contributed by atoms with van der Waals surface area (Å²) in [6, 6.07) is 10.6. The normalized spacial score (nSPS) is 19.2. The maximum Gasteiger partial charge on any atom is 0.411 e. The van der Waals surface area contributed by atoms with E-state index in [2.05, 4.69) is 31.4 Å². The van der Waals surface area contributed by atoms with Gasteiger partial charge in [-0.15, -0.1) is 0 Å². The molecule has 2 aromatic carbocycles. The molecule has 2 amide bonds. The topological polar surface area (TPSA) is 123 Å². The predicted molar refractivity (Wildman–Crippen MR) is 140 cm³/mol. The summed E-state index contributed by atoms with van der Waals surface area (Å²) < 4.78 is 16.9. The Morgan fingerprint density at radius 2 is 1.78 bits per heavy atom. The van der Waals surface area contributed by atoms with Crippen LogP contribution in [0.15, 0.2) is 42.5 Å². The van der Waals surface area contributed by atoms with Gasteiger partial charge in [0.25, 0.3) is 0 Å². The lowest BCUT2D eigenvalue weighted by atomic mass is 9.75. The first-order chi connectivity index (χ1) is 17.7. The largest absolute Gasteiger partial charge is 0.478 e. The molecule has 3 N–H and O–H groups in total. The van der Waals surface area contributed by atoms with Crippen LogP contribution in [0.1, 0.15) is 57.3 Å². The predicted octanol–water partition coefficient (Wildman–Crippen LogP) is 6.16. The average molecular weight is 513 g/mol. The molecular formula is C28H36N2O7. The summed E-state index contributed by atoms with van der Waals surface area (Å²) in [6.07, 6.45) is 2.64. The molecule has 1 aliphatic carbocycles. The van der Waals surface area contributed by atoms with Gasteiger partial charge in [0.1, 0.15) is 12.4 Å². The molecule has 3 atom stereocenters. The standard InChI is InChI=1S/C28H36N2O7/c1-5-35-28(34)30-23-13-9-20(15-25(23)37-21-10-7-19(8-11-21)27(32)33)29-26(31)16-36-24-14-18(4)6-12-22(24)17(2)3/h7-11,13,15,17-18,22,24H,5-6,12,14,16H2,1-4H3,(H,29,31)(H,30,34)(H,32,33). The van der Waals surface area contributed by atoms with Gasteiger partial charge in [0.05, 0.1) is 24.0 Å². The zero-order chi connectivity index (χ0) is 26.9. The molecule has 0 radical (unpaired) electrons. The quantitative estimate of drug-likeness (QED) is 0.348. The molecule has 3 rings (SSSR count). The number of hydrogen-bond acceptors (Lipinski definition) is 6. The number of amides is 2. The average Bonchev–Trinajstić information content (AvgIpc) is 2.84. The van der Waals surface area contributed by atoms with E-state index < -0.39 is 12.1 Å². The van der Waals surface area contributed by atoms with Crippen LogP contribution < -0.4 is 15.4 Å². The van der Waals surface area contributed by atoms with Crippen molar-refractivity contribution in [2.24, 2.45) is 17.8 Å². The van der Waals surface area contributed by atoms with Crippen LogP contribution in [0.5, 0.6) is 11.5 Å². The maximum absolute atomic E-state index is 12.7. The third-order valence-electron chi connectivity index (χ3n) is 6.50. The number of carboxylic acids is 1. The van der Waals surface area contributed by atoms with E-state index in [-0.39, 0.29) is 36.5 Å². The summed E-state index contributed by atoms with van der Waals surface area (Å²) in [4.78, 5) is 35.8. The van der Waals surface area contributed by atoms with Crippen molar-refractivity contribution in [2.75, 3.05) is 23.8 Å². The number of hydrogen-bond donors (Lipinski definition) is 3. The summed E-state index contributed by atoms with van der Waals surface area (Å²) in [5.74, 6) is 0.764. The Kier molecular flexibility index (Phi) is 9.91. The van der Waals surface area contributed by atoms with Gasteiger partial charge in [-0.3, -0.25) is 10.1 Å². The van der Waals surface area contributed by atoms with Crippen molar-refractivity contribution in [3.8, 4) is 11.5 Å². The van der Waals surface area contributed by atoms with E-state index in [0.29, 0.717) is 34.9 Å². The van der Waals surface area contributed by atoms with Crippen LogP contribution in [-0.4, -0.2) is 42.4 Å². The molecule has 0 saturated heterocycles. The van der Waals surface area contributed by atoms with E-state index in [0.717, 1.165) is 12.8 Å². The number of nitrogens with one attached hydrogen (secondary N) is 2. The van der Waals surface area contributed by atoms with Crippen molar-refractivity contribution in [3.05, 3.63) is 48.0 Å². The van der Waals surface area contributed by atoms with Crippen LogP contribution in [0, 0.1) is 17.8 Å². The van der Waals surface area contributed by atoms with Crippen LogP contribution in [0.3, 0.4) is 0 Å². The van der Waals surface area contributed by atoms with Crippen LogP contribution >= 0.6 is 0 Å². The summed E-state index contributed by atoms with van der Waals surface area (Å²) in [5.41, 5.74) is 0.897. The van der Waals surface area contributed by atoms with Gasteiger partial charge in [-0.05, 0) is 73.9 Å². The minimum Gasteiger partial charge on any atom is -0.478 e. The first-order valence-corrected chi connectivity index (χ1v) is 12.7. The molecule has 0 bridgehead atoms. The number of carbonyl (C=O) groups is 3. The summed E-state index contributed by atoms with van der Waals surface area (Å²) in [7, 11) is 0. The van der Waals surface area contributed by atoms with Crippen LogP contribution in [0.2, 0.25) is 0 Å². The van der Waals surface area contributed by atoms with Gasteiger partial charge in [-0.2, -0.15) is 0 Å². The van der Waals surface area contributed by atoms with E-state index in [1.54, 1.807) is 25.1 Å². The molecule has 9 heteroatoms. The molecular weight excluding hydrogens is 476 g/mol. The van der Waals surface area contributed by atoms with Crippen molar-refractivity contribution < 1.29 is 33.7 Å². The van der Waals surface area contributed by atoms with Gasteiger partial charge in [-0.1, -0.05) is 27.2 Å². The van der Waals surface area contributed by atoms with E-state index in [1.165, 1.54) is 30.7 Å². The molecule has 1 saturated carbocycles. The highest BCUT2D eigenvalue weighted by Gasteiger charge is 2.31. The Morgan fingerprint density at radius 3 is 2.43 bits per heavy atom. The smallest absolute Gasteiger partial charge is 0.411 e. The Morgan fingerprint density at radius 1 is 1.05 bits per heavy atom. The number of aromatic carboxylic acids is 1. The molecule has 0 heterocycles. The van der Waals surface area contributed by atoms with Gasteiger partial charge < -0.3 is 24.6 Å². The fourth-order valence-electron chi connectivity index (χ4n) is 4.54. The highest BCUT2D eigenvalue weighted by Crippen LogP contribution is 2.36. The van der Waals surface area contributed by atoms with Crippen molar-refractivity contribution in [2.45, 2.75) is 53.1 Å². The second-order valence-corrected chi connectivity index (χ2v) is 9.71. The van der Waals surface area contributed by atoms with E-state index in [9.17, 15) is 14.4 Å². The first-order valence-electron chi connectivity index (χ1n) is 12.7. The first kappa shape index (κ1) is 28.0. The van der Waals surface area contributed by atoms with Crippen molar-refractivity contribution in [3.63, 3.8) is 0 Å². The summed E-state index contributed by atoms with van der Waals surface area (Å²) in [6.45, 7) is 8.44. The second-order valence-electron chi connectivity index (χ2n) is 9.71. The molecule has 3 unspecified atom stereocenters.